The fourth-order valence-corrected chi connectivity index (χ4v) is 20.8. The van der Waals surface area contributed by atoms with Crippen molar-refractivity contribution < 1.29 is 20.4 Å². The number of hydrogen-bond acceptors (Lipinski definition) is 0. The molecule has 0 aromatic heterocycles. The van der Waals surface area contributed by atoms with E-state index in [1.807, 2.05) is 6.56 Å². The standard InChI is InChI=1S/C8H11.C5H5.C2H6Si.2ClH.Zr/c1-6-4-5-7(2)8(6)3;1-2-4-5-3-1;1-3-2;;;/h4H2,1-3H3;1-3H,4H2;1-2H3;2*1H;. The molecule has 0 heterocycles. The minimum atomic E-state index is -1.46. The molecule has 0 spiro atoms. The summed E-state index contributed by atoms with van der Waals surface area (Å²) in [7, 11) is 0. The Hall–Kier alpha value is 0.640. The summed E-state index contributed by atoms with van der Waals surface area (Å²) in [5.41, 5.74) is 4.77. The normalized spacial score (nSPS) is 17.2. The third-order valence-corrected chi connectivity index (χ3v) is 21.4. The van der Waals surface area contributed by atoms with Crippen LogP contribution in [0.15, 0.2) is 41.5 Å². The van der Waals surface area contributed by atoms with E-state index in [1.54, 1.807) is 16.7 Å². The number of rotatable bonds is 2. The van der Waals surface area contributed by atoms with Crippen LogP contribution in [-0.2, 0) is 20.4 Å². The molecule has 4 heteroatoms. The topological polar surface area (TPSA) is 0 Å². The van der Waals surface area contributed by atoms with Crippen molar-refractivity contribution in [2.45, 2.75) is 46.7 Å². The average molecular weight is 395 g/mol. The molecule has 0 aromatic rings. The predicted molar refractivity (Wildman–Crippen MR) is 89.5 cm³/mol. The maximum Gasteiger partial charge on any atom is -0.147 e. The Morgan fingerprint density at radius 1 is 1.05 bits per heavy atom. The Balaban J connectivity index is 0.00000162. The SMILES string of the molecule is CC1=C(C)C(C)=[C]([Zr]([C]2=CC=CC2)=[Si](C)C)C1.Cl.Cl. The molecule has 0 atom stereocenters. The third-order valence-electron chi connectivity index (χ3n) is 3.99. The molecule has 19 heavy (non-hydrogen) atoms. The van der Waals surface area contributed by atoms with Crippen molar-refractivity contribution in [3.63, 3.8) is 0 Å². The molecule has 0 saturated carbocycles. The number of halogens is 2. The summed E-state index contributed by atoms with van der Waals surface area (Å²) in [5.74, 6) is 0. The van der Waals surface area contributed by atoms with E-state index in [9.17, 15) is 0 Å². The zero-order chi connectivity index (χ0) is 12.6. The molecule has 2 aliphatic carbocycles. The summed E-state index contributed by atoms with van der Waals surface area (Å²) in [5, 5.41) is 0. The summed E-state index contributed by atoms with van der Waals surface area (Å²) < 4.78 is 3.76. The Morgan fingerprint density at radius 2 is 1.68 bits per heavy atom. The van der Waals surface area contributed by atoms with Gasteiger partial charge in [-0.05, 0) is 0 Å². The molecule has 2 aliphatic rings. The van der Waals surface area contributed by atoms with Gasteiger partial charge >= 0.3 is 114 Å². The third kappa shape index (κ3) is 4.06. The van der Waals surface area contributed by atoms with Crippen LogP contribution in [0.4, 0.5) is 0 Å². The summed E-state index contributed by atoms with van der Waals surface area (Å²) in [4.78, 5) is 0. The molecule has 0 amide bonds. The molecule has 0 fully saturated rings. The van der Waals surface area contributed by atoms with Crippen LogP contribution >= 0.6 is 24.8 Å². The van der Waals surface area contributed by atoms with Gasteiger partial charge in [0, 0.05) is 0 Å². The zero-order valence-corrected chi connectivity index (χ0v) is 17.6. The Morgan fingerprint density at radius 3 is 2.05 bits per heavy atom. The van der Waals surface area contributed by atoms with Gasteiger partial charge in [-0.1, -0.05) is 0 Å². The van der Waals surface area contributed by atoms with Crippen molar-refractivity contribution in [2.75, 3.05) is 0 Å². The first kappa shape index (κ1) is 19.6. The molecule has 0 bridgehead atoms. The van der Waals surface area contributed by atoms with Gasteiger partial charge in [0.1, 0.15) is 0 Å². The Kier molecular flexibility index (Phi) is 8.45. The van der Waals surface area contributed by atoms with Gasteiger partial charge < -0.3 is 0 Å². The zero-order valence-electron chi connectivity index (χ0n) is 12.5. The van der Waals surface area contributed by atoms with Crippen LogP contribution in [0.1, 0.15) is 33.6 Å². The summed E-state index contributed by atoms with van der Waals surface area (Å²) >= 11 is -1.46. The van der Waals surface area contributed by atoms with Crippen molar-refractivity contribution in [3.8, 4) is 0 Å². The smallest absolute Gasteiger partial charge is 0.147 e. The Labute approximate surface area is 138 Å². The van der Waals surface area contributed by atoms with Gasteiger partial charge in [0.15, 0.2) is 0 Å². The molecule has 0 saturated heterocycles. The summed E-state index contributed by atoms with van der Waals surface area (Å²) in [6.45, 7) is 12.1. The van der Waals surface area contributed by atoms with Gasteiger partial charge in [-0.15, -0.1) is 24.8 Å². The molecule has 106 valence electrons. The van der Waals surface area contributed by atoms with Gasteiger partial charge in [-0.2, -0.15) is 0 Å². The van der Waals surface area contributed by atoms with Crippen molar-refractivity contribution in [1.29, 1.82) is 0 Å². The van der Waals surface area contributed by atoms with Gasteiger partial charge in [-0.25, -0.2) is 0 Å². The largest absolute Gasteiger partial charge is 0.147 e. The van der Waals surface area contributed by atoms with E-state index >= 15 is 0 Å². The molecular formula is C15H24Cl2SiZr. The van der Waals surface area contributed by atoms with Crippen LogP contribution in [0.25, 0.3) is 0 Å². The van der Waals surface area contributed by atoms with Crippen LogP contribution in [0.3, 0.4) is 0 Å². The fraction of sp³-hybridized carbons (Fsp3) is 0.467. The van der Waals surface area contributed by atoms with E-state index in [1.165, 1.54) is 12.8 Å². The first-order chi connectivity index (χ1) is 8.02. The van der Waals surface area contributed by atoms with Crippen molar-refractivity contribution in [2.24, 2.45) is 0 Å². The van der Waals surface area contributed by atoms with Crippen LogP contribution in [0.2, 0.25) is 13.1 Å². The van der Waals surface area contributed by atoms with Crippen LogP contribution in [-0.4, -0.2) is 5.43 Å². The second-order valence-electron chi connectivity index (χ2n) is 5.38. The maximum absolute atomic E-state index is 2.54. The van der Waals surface area contributed by atoms with Crippen LogP contribution in [0, 0.1) is 0 Å². The van der Waals surface area contributed by atoms with E-state index in [4.69, 9.17) is 0 Å². The monoisotopic (exact) mass is 392 g/mol. The van der Waals surface area contributed by atoms with E-state index in [-0.39, 0.29) is 30.2 Å². The molecule has 0 nitrogen and oxygen atoms in total. The number of allylic oxidation sites excluding steroid dienone is 8. The first-order valence-electron chi connectivity index (χ1n) is 6.42. The van der Waals surface area contributed by atoms with Crippen molar-refractivity contribution in [1.82, 2.24) is 0 Å². The molecule has 0 N–H and O–H groups in total. The second kappa shape index (κ2) is 8.17. The average Bonchev–Trinajstić information content (AvgIpc) is 2.85. The number of hydrogen-bond donors (Lipinski definition) is 0. The fourth-order valence-electron chi connectivity index (χ4n) is 2.80. The van der Waals surface area contributed by atoms with Gasteiger partial charge in [0.25, 0.3) is 0 Å². The van der Waals surface area contributed by atoms with E-state index < -0.39 is 20.4 Å². The first-order valence-corrected chi connectivity index (χ1v) is 15.1. The predicted octanol–water partition coefficient (Wildman–Crippen LogP) is 5.56. The molecular weight excluding hydrogens is 370 g/mol. The van der Waals surface area contributed by atoms with Crippen LogP contribution in [0.5, 0.6) is 0 Å². The molecule has 0 aromatic carbocycles. The molecule has 2 rings (SSSR count). The summed E-state index contributed by atoms with van der Waals surface area (Å²) in [6.07, 6.45) is 9.63. The van der Waals surface area contributed by atoms with E-state index in [0.29, 0.717) is 0 Å². The summed E-state index contributed by atoms with van der Waals surface area (Å²) in [6, 6.07) is 0. The van der Waals surface area contributed by atoms with Crippen molar-refractivity contribution >= 4 is 30.2 Å². The quantitative estimate of drug-likeness (QED) is 0.538. The van der Waals surface area contributed by atoms with Gasteiger partial charge in [-0.3, -0.25) is 0 Å². The van der Waals surface area contributed by atoms with E-state index in [2.05, 4.69) is 52.1 Å². The Bertz CT molecular complexity index is 518. The van der Waals surface area contributed by atoms with E-state index in [0.717, 1.165) is 0 Å². The molecule has 0 aliphatic heterocycles. The molecule has 0 unspecified atom stereocenters. The minimum absolute atomic E-state index is 0. The molecule has 0 radical (unpaired) electrons. The van der Waals surface area contributed by atoms with Crippen molar-refractivity contribution in [3.05, 3.63) is 41.5 Å². The maximum atomic E-state index is 2.54. The second-order valence-corrected chi connectivity index (χ2v) is 22.6. The van der Waals surface area contributed by atoms with Gasteiger partial charge in [0.05, 0.1) is 0 Å². The minimum Gasteiger partial charge on any atom is -0.147 e. The van der Waals surface area contributed by atoms with Gasteiger partial charge in [0.2, 0.25) is 0 Å². The van der Waals surface area contributed by atoms with Crippen LogP contribution < -0.4 is 0 Å².